The lowest BCUT2D eigenvalue weighted by molar-refractivity contribution is 0.0350. The number of pyridine rings is 1. The number of amides is 1. The molecule has 1 aromatic heterocycles. The van der Waals surface area contributed by atoms with Crippen molar-refractivity contribution in [3.05, 3.63) is 34.2 Å². The first kappa shape index (κ1) is 11.9. The van der Waals surface area contributed by atoms with Gasteiger partial charge in [-0.3, -0.25) is 9.59 Å². The topological polar surface area (TPSA) is 62.4 Å². The summed E-state index contributed by atoms with van der Waals surface area (Å²) in [6.07, 6.45) is 3.41. The maximum Gasteiger partial charge on any atom is 0.260 e. The second-order valence-electron chi connectivity index (χ2n) is 4.14. The van der Waals surface area contributed by atoms with Crippen LogP contribution >= 0.6 is 0 Å². The smallest absolute Gasteiger partial charge is 0.260 e. The van der Waals surface area contributed by atoms with Crippen LogP contribution in [0.2, 0.25) is 0 Å². The molecule has 0 bridgehead atoms. The van der Waals surface area contributed by atoms with Crippen molar-refractivity contribution >= 4 is 5.91 Å². The highest BCUT2D eigenvalue weighted by Crippen LogP contribution is 2.14. The highest BCUT2D eigenvalue weighted by Gasteiger charge is 2.24. The van der Waals surface area contributed by atoms with Crippen molar-refractivity contribution in [1.82, 2.24) is 9.88 Å². The number of rotatable bonds is 2. The van der Waals surface area contributed by atoms with Crippen molar-refractivity contribution in [1.29, 1.82) is 0 Å². The molecule has 0 aromatic carbocycles. The molecule has 5 heteroatoms. The summed E-state index contributed by atoms with van der Waals surface area (Å²) >= 11 is 0. The summed E-state index contributed by atoms with van der Waals surface area (Å²) in [6, 6.07) is 3.22. The van der Waals surface area contributed by atoms with E-state index < -0.39 is 0 Å². The molecule has 92 valence electrons. The Kier molecular flexibility index (Phi) is 3.58. The van der Waals surface area contributed by atoms with E-state index in [-0.39, 0.29) is 23.1 Å². The minimum atomic E-state index is -0.327. The van der Waals surface area contributed by atoms with Crippen LogP contribution in [0.3, 0.4) is 0 Å². The summed E-state index contributed by atoms with van der Waals surface area (Å²) < 4.78 is 5.24. The molecule has 2 heterocycles. The lowest BCUT2D eigenvalue weighted by Crippen LogP contribution is -2.42. The fraction of sp³-hybridized carbons (Fsp3) is 0.500. The highest BCUT2D eigenvalue weighted by molar-refractivity contribution is 5.93. The van der Waals surface area contributed by atoms with Gasteiger partial charge in [-0.25, -0.2) is 0 Å². The average Bonchev–Trinajstić information content (AvgIpc) is 2.39. The van der Waals surface area contributed by atoms with Crippen LogP contribution in [0, 0.1) is 0 Å². The molecule has 1 aliphatic heterocycles. The molecule has 1 fully saturated rings. The van der Waals surface area contributed by atoms with Gasteiger partial charge in [0, 0.05) is 26.4 Å². The number of likely N-dealkylation sites (tertiary alicyclic amines) is 1. The maximum atomic E-state index is 12.1. The first-order chi connectivity index (χ1) is 8.22. The summed E-state index contributed by atoms with van der Waals surface area (Å²) in [4.78, 5) is 27.8. The van der Waals surface area contributed by atoms with Crippen molar-refractivity contribution in [2.45, 2.75) is 18.9 Å². The highest BCUT2D eigenvalue weighted by atomic mass is 16.5. The average molecular weight is 236 g/mol. The normalized spacial score (nSPS) is 17.1. The van der Waals surface area contributed by atoms with Gasteiger partial charge in [0.05, 0.1) is 6.10 Å². The molecule has 0 unspecified atom stereocenters. The lowest BCUT2D eigenvalue weighted by Gasteiger charge is -2.31. The number of aromatic amines is 1. The quantitative estimate of drug-likeness (QED) is 0.819. The number of methoxy groups -OCH3 is 1. The Hall–Kier alpha value is -1.62. The predicted octanol–water partition coefficient (Wildman–Crippen LogP) is 0.626. The van der Waals surface area contributed by atoms with E-state index in [0.29, 0.717) is 13.1 Å². The first-order valence-corrected chi connectivity index (χ1v) is 5.72. The minimum Gasteiger partial charge on any atom is -0.381 e. The van der Waals surface area contributed by atoms with E-state index in [1.165, 1.54) is 6.20 Å². The van der Waals surface area contributed by atoms with Gasteiger partial charge in [0.2, 0.25) is 0 Å². The Morgan fingerprint density at radius 1 is 1.47 bits per heavy atom. The third kappa shape index (κ3) is 2.55. The zero-order chi connectivity index (χ0) is 12.3. The summed E-state index contributed by atoms with van der Waals surface area (Å²) in [5.74, 6) is -0.193. The molecule has 0 saturated carbocycles. The van der Waals surface area contributed by atoms with Crippen molar-refractivity contribution in [2.75, 3.05) is 20.2 Å². The second-order valence-corrected chi connectivity index (χ2v) is 4.14. The number of aromatic nitrogens is 1. The summed E-state index contributed by atoms with van der Waals surface area (Å²) in [5, 5.41) is 0. The van der Waals surface area contributed by atoms with Crippen LogP contribution in [-0.4, -0.2) is 42.1 Å². The van der Waals surface area contributed by atoms with Crippen LogP contribution < -0.4 is 5.56 Å². The molecular formula is C12H16N2O3. The summed E-state index contributed by atoms with van der Waals surface area (Å²) in [7, 11) is 1.68. The molecule has 1 aliphatic rings. The first-order valence-electron chi connectivity index (χ1n) is 5.72. The number of carbonyl (C=O) groups excluding carboxylic acids is 1. The molecule has 17 heavy (non-hydrogen) atoms. The Morgan fingerprint density at radius 3 is 2.76 bits per heavy atom. The molecule has 0 atom stereocenters. The van der Waals surface area contributed by atoms with Gasteiger partial charge in [-0.1, -0.05) is 0 Å². The monoisotopic (exact) mass is 236 g/mol. The van der Waals surface area contributed by atoms with Gasteiger partial charge in [-0.2, -0.15) is 0 Å². The van der Waals surface area contributed by atoms with Crippen molar-refractivity contribution < 1.29 is 9.53 Å². The molecule has 1 aromatic rings. The van der Waals surface area contributed by atoms with E-state index in [4.69, 9.17) is 4.74 Å². The van der Waals surface area contributed by atoms with E-state index in [1.807, 2.05) is 0 Å². The number of nitrogens with one attached hydrogen (secondary N) is 1. The molecule has 0 aliphatic carbocycles. The third-order valence-electron chi connectivity index (χ3n) is 3.11. The Bertz CT molecular complexity index is 447. The van der Waals surface area contributed by atoms with E-state index in [9.17, 15) is 9.59 Å². The standard InChI is InChI=1S/C12H16N2O3/c1-17-9-4-7-14(8-5-9)12(16)10-3-2-6-13-11(10)15/h2-3,6,9H,4-5,7-8H2,1H3,(H,13,15). The van der Waals surface area contributed by atoms with E-state index >= 15 is 0 Å². The number of ether oxygens (including phenoxy) is 1. The minimum absolute atomic E-state index is 0.193. The number of piperidine rings is 1. The molecule has 1 amide bonds. The van der Waals surface area contributed by atoms with Gasteiger partial charge < -0.3 is 14.6 Å². The Morgan fingerprint density at radius 2 is 2.18 bits per heavy atom. The van der Waals surface area contributed by atoms with Gasteiger partial charge in [-0.15, -0.1) is 0 Å². The third-order valence-corrected chi connectivity index (χ3v) is 3.11. The number of hydrogen-bond acceptors (Lipinski definition) is 3. The Balaban J connectivity index is 2.07. The van der Waals surface area contributed by atoms with Crippen molar-refractivity contribution in [3.63, 3.8) is 0 Å². The van der Waals surface area contributed by atoms with Crippen molar-refractivity contribution in [3.8, 4) is 0 Å². The van der Waals surface area contributed by atoms with Gasteiger partial charge >= 0.3 is 0 Å². The van der Waals surface area contributed by atoms with Crippen LogP contribution in [0.5, 0.6) is 0 Å². The molecular weight excluding hydrogens is 220 g/mol. The summed E-state index contributed by atoms with van der Waals surface area (Å²) in [5.41, 5.74) is -0.116. The fourth-order valence-electron chi connectivity index (χ4n) is 2.05. The molecule has 0 spiro atoms. The number of carbonyl (C=O) groups is 1. The summed E-state index contributed by atoms with van der Waals surface area (Å²) in [6.45, 7) is 1.29. The van der Waals surface area contributed by atoms with Crippen LogP contribution in [0.4, 0.5) is 0 Å². The molecule has 5 nitrogen and oxygen atoms in total. The Labute approximate surface area is 99.4 Å². The van der Waals surface area contributed by atoms with Crippen LogP contribution in [0.25, 0.3) is 0 Å². The van der Waals surface area contributed by atoms with Gasteiger partial charge in [0.1, 0.15) is 5.56 Å². The second kappa shape index (κ2) is 5.14. The SMILES string of the molecule is COC1CCN(C(=O)c2ccc[nH]c2=O)CC1. The van der Waals surface area contributed by atoms with E-state index in [0.717, 1.165) is 12.8 Å². The largest absolute Gasteiger partial charge is 0.381 e. The van der Waals surface area contributed by atoms with Crippen LogP contribution in [-0.2, 0) is 4.74 Å². The zero-order valence-corrected chi connectivity index (χ0v) is 9.81. The van der Waals surface area contributed by atoms with Crippen LogP contribution in [0.1, 0.15) is 23.2 Å². The maximum absolute atomic E-state index is 12.1. The predicted molar refractivity (Wildman–Crippen MR) is 63.0 cm³/mol. The lowest BCUT2D eigenvalue weighted by atomic mass is 10.1. The molecule has 2 rings (SSSR count). The number of H-pyrrole nitrogens is 1. The van der Waals surface area contributed by atoms with Crippen LogP contribution in [0.15, 0.2) is 23.1 Å². The van der Waals surface area contributed by atoms with E-state index in [2.05, 4.69) is 4.98 Å². The van der Waals surface area contributed by atoms with Gasteiger partial charge in [0.15, 0.2) is 0 Å². The van der Waals surface area contributed by atoms with Gasteiger partial charge in [-0.05, 0) is 25.0 Å². The fourth-order valence-corrected chi connectivity index (χ4v) is 2.05. The number of hydrogen-bond donors (Lipinski definition) is 1. The zero-order valence-electron chi connectivity index (χ0n) is 9.81. The number of nitrogens with zero attached hydrogens (tertiary/aromatic N) is 1. The van der Waals surface area contributed by atoms with Gasteiger partial charge in [0.25, 0.3) is 11.5 Å². The molecule has 0 radical (unpaired) electrons. The molecule has 1 N–H and O–H groups in total. The molecule has 1 saturated heterocycles. The van der Waals surface area contributed by atoms with Crippen molar-refractivity contribution in [2.24, 2.45) is 0 Å². The van der Waals surface area contributed by atoms with E-state index in [1.54, 1.807) is 24.1 Å².